The minimum Gasteiger partial charge on any atom is -0.504 e. The molecule has 0 aliphatic rings. The Kier molecular flexibility index (Phi) is 4.14. The molecule has 2 aromatic carbocycles. The predicted octanol–water partition coefficient (Wildman–Crippen LogP) is 3.86. The maximum Gasteiger partial charge on any atom is 0.272 e. The van der Waals surface area contributed by atoms with Gasteiger partial charge in [-0.1, -0.05) is 0 Å². The first-order valence-electron chi connectivity index (χ1n) is 7.71. The third kappa shape index (κ3) is 2.72. The molecule has 0 amide bonds. The third-order valence-electron chi connectivity index (χ3n) is 4.08. The van der Waals surface area contributed by atoms with Crippen molar-refractivity contribution in [1.29, 1.82) is 5.26 Å². The monoisotopic (exact) mass is 417 g/mol. The minimum atomic E-state index is -4.59. The standard InChI is InChI=1S/C18H9F2N3O3S2/c19-12-5-13(20)18(24)17(6-12)28(25,26)23-14-2-1-10(7-21)3-11(14)4-15(23)16-8-22-9-27-16/h1-6,8-9,24H. The summed E-state index contributed by atoms with van der Waals surface area (Å²) in [5.74, 6) is -3.70. The number of aromatic nitrogens is 2. The number of fused-ring (bicyclic) bond motifs is 1. The van der Waals surface area contributed by atoms with E-state index in [1.165, 1.54) is 47.3 Å². The number of aromatic hydroxyl groups is 1. The van der Waals surface area contributed by atoms with E-state index in [9.17, 15) is 22.3 Å². The highest BCUT2D eigenvalue weighted by atomic mass is 32.2. The summed E-state index contributed by atoms with van der Waals surface area (Å²) in [7, 11) is -4.59. The highest BCUT2D eigenvalue weighted by molar-refractivity contribution is 7.90. The number of thiazole rings is 1. The Labute approximate surface area is 161 Å². The summed E-state index contributed by atoms with van der Waals surface area (Å²) in [6.45, 7) is 0. The topological polar surface area (TPSA) is 96.0 Å². The summed E-state index contributed by atoms with van der Waals surface area (Å²) in [6, 6.07) is 8.80. The van der Waals surface area contributed by atoms with Crippen LogP contribution in [0.25, 0.3) is 21.5 Å². The van der Waals surface area contributed by atoms with E-state index in [1.807, 2.05) is 6.07 Å². The van der Waals surface area contributed by atoms with Gasteiger partial charge in [0.15, 0.2) is 11.6 Å². The number of rotatable bonds is 3. The van der Waals surface area contributed by atoms with Gasteiger partial charge in [-0.2, -0.15) is 5.26 Å². The molecule has 4 aromatic rings. The summed E-state index contributed by atoms with van der Waals surface area (Å²) in [5, 5.41) is 19.5. The van der Waals surface area contributed by atoms with Crippen LogP contribution >= 0.6 is 11.3 Å². The van der Waals surface area contributed by atoms with E-state index in [0.29, 0.717) is 28.0 Å². The molecule has 4 rings (SSSR count). The van der Waals surface area contributed by atoms with E-state index in [1.54, 1.807) is 0 Å². The molecule has 0 radical (unpaired) electrons. The van der Waals surface area contributed by atoms with Crippen molar-refractivity contribution in [3.63, 3.8) is 0 Å². The molecule has 2 aromatic heterocycles. The molecular formula is C18H9F2N3O3S2. The van der Waals surface area contributed by atoms with E-state index in [2.05, 4.69) is 4.98 Å². The van der Waals surface area contributed by atoms with E-state index in [-0.39, 0.29) is 11.2 Å². The number of phenols is 1. The number of nitrogens with zero attached hydrogens (tertiary/aromatic N) is 3. The van der Waals surface area contributed by atoms with Crippen LogP contribution in [0.15, 0.2) is 53.0 Å². The molecule has 0 bridgehead atoms. The second kappa shape index (κ2) is 6.40. The Morgan fingerprint density at radius 3 is 2.64 bits per heavy atom. The van der Waals surface area contributed by atoms with E-state index < -0.39 is 32.3 Å². The summed E-state index contributed by atoms with van der Waals surface area (Å²) in [5.41, 5.74) is 2.20. The second-order valence-electron chi connectivity index (χ2n) is 5.78. The molecule has 0 saturated carbocycles. The SMILES string of the molecule is N#Cc1ccc2c(c1)cc(-c1cncs1)n2S(=O)(=O)c1cc(F)cc(F)c1O. The fourth-order valence-electron chi connectivity index (χ4n) is 2.87. The van der Waals surface area contributed by atoms with Crippen molar-refractivity contribution in [3.05, 3.63) is 65.3 Å². The zero-order chi connectivity index (χ0) is 20.1. The van der Waals surface area contributed by atoms with Gasteiger partial charge < -0.3 is 5.11 Å². The number of halogens is 2. The molecule has 140 valence electrons. The first-order chi connectivity index (χ1) is 13.3. The molecule has 0 aliphatic carbocycles. The normalized spacial score (nSPS) is 11.6. The van der Waals surface area contributed by atoms with E-state index in [4.69, 9.17) is 5.26 Å². The van der Waals surface area contributed by atoms with Crippen LogP contribution in [0.5, 0.6) is 5.75 Å². The van der Waals surface area contributed by atoms with Crippen LogP contribution in [-0.2, 0) is 10.0 Å². The zero-order valence-corrected chi connectivity index (χ0v) is 15.4. The van der Waals surface area contributed by atoms with Crippen molar-refractivity contribution < 1.29 is 22.3 Å². The van der Waals surface area contributed by atoms with Crippen LogP contribution in [-0.4, -0.2) is 22.5 Å². The van der Waals surface area contributed by atoms with Gasteiger partial charge >= 0.3 is 0 Å². The Balaban J connectivity index is 2.10. The fourth-order valence-corrected chi connectivity index (χ4v) is 5.19. The average molecular weight is 417 g/mol. The summed E-state index contributed by atoms with van der Waals surface area (Å²) in [4.78, 5) is 3.51. The summed E-state index contributed by atoms with van der Waals surface area (Å²) in [6.07, 6.45) is 1.45. The van der Waals surface area contributed by atoms with Crippen molar-refractivity contribution in [2.45, 2.75) is 4.90 Å². The number of hydrogen-bond donors (Lipinski definition) is 1. The van der Waals surface area contributed by atoms with E-state index in [0.717, 1.165) is 3.97 Å². The molecule has 1 N–H and O–H groups in total. The first kappa shape index (κ1) is 18.1. The van der Waals surface area contributed by atoms with Crippen molar-refractivity contribution in [2.24, 2.45) is 0 Å². The van der Waals surface area contributed by atoms with Crippen molar-refractivity contribution >= 4 is 32.3 Å². The number of nitriles is 1. The summed E-state index contributed by atoms with van der Waals surface area (Å²) < 4.78 is 55.0. The Morgan fingerprint density at radius 1 is 1.18 bits per heavy atom. The van der Waals surface area contributed by atoms with Crippen LogP contribution in [0.1, 0.15) is 5.56 Å². The van der Waals surface area contributed by atoms with Crippen LogP contribution in [0.4, 0.5) is 8.78 Å². The lowest BCUT2D eigenvalue weighted by Crippen LogP contribution is -2.15. The second-order valence-corrected chi connectivity index (χ2v) is 8.43. The van der Waals surface area contributed by atoms with Gasteiger partial charge in [0.25, 0.3) is 10.0 Å². The molecule has 0 atom stereocenters. The average Bonchev–Trinajstić information content (AvgIpc) is 3.31. The molecule has 2 heterocycles. The third-order valence-corrected chi connectivity index (χ3v) is 6.62. The quantitative estimate of drug-likeness (QED) is 0.546. The molecule has 0 unspecified atom stereocenters. The van der Waals surface area contributed by atoms with Gasteiger partial charge in [0, 0.05) is 17.6 Å². The lowest BCUT2D eigenvalue weighted by molar-refractivity contribution is 0.411. The lowest BCUT2D eigenvalue weighted by atomic mass is 10.2. The van der Waals surface area contributed by atoms with Crippen LogP contribution in [0.2, 0.25) is 0 Å². The Hall–Kier alpha value is -3.29. The maximum atomic E-state index is 13.8. The molecule has 10 heteroatoms. The Morgan fingerprint density at radius 2 is 1.96 bits per heavy atom. The molecule has 0 fully saturated rings. The van der Waals surface area contributed by atoms with Gasteiger partial charge in [0.1, 0.15) is 10.7 Å². The van der Waals surface area contributed by atoms with Crippen LogP contribution in [0.3, 0.4) is 0 Å². The molecule has 0 aliphatic heterocycles. The minimum absolute atomic E-state index is 0.187. The van der Waals surface area contributed by atoms with Crippen molar-refractivity contribution in [3.8, 4) is 22.4 Å². The van der Waals surface area contributed by atoms with Crippen LogP contribution < -0.4 is 0 Å². The lowest BCUT2D eigenvalue weighted by Gasteiger charge is -2.13. The maximum absolute atomic E-state index is 13.8. The van der Waals surface area contributed by atoms with Gasteiger partial charge in [-0.3, -0.25) is 4.98 Å². The molecule has 0 spiro atoms. The van der Waals surface area contributed by atoms with Gasteiger partial charge in [0.2, 0.25) is 0 Å². The van der Waals surface area contributed by atoms with E-state index >= 15 is 0 Å². The van der Waals surface area contributed by atoms with Crippen LogP contribution in [0, 0.1) is 23.0 Å². The predicted molar refractivity (Wildman–Crippen MR) is 98.4 cm³/mol. The number of benzene rings is 2. The first-order valence-corrected chi connectivity index (χ1v) is 10.0. The number of hydrogen-bond acceptors (Lipinski definition) is 6. The summed E-state index contributed by atoms with van der Waals surface area (Å²) >= 11 is 1.17. The number of phenolic OH excluding ortho intramolecular Hbond substituents is 1. The smallest absolute Gasteiger partial charge is 0.272 e. The molecule has 0 saturated heterocycles. The Bertz CT molecular complexity index is 1370. The van der Waals surface area contributed by atoms with Gasteiger partial charge in [-0.25, -0.2) is 21.2 Å². The highest BCUT2D eigenvalue weighted by Gasteiger charge is 2.29. The van der Waals surface area contributed by atoms with Crippen molar-refractivity contribution in [1.82, 2.24) is 8.96 Å². The fraction of sp³-hybridized carbons (Fsp3) is 0. The van der Waals surface area contributed by atoms with Gasteiger partial charge in [-0.15, -0.1) is 11.3 Å². The van der Waals surface area contributed by atoms with Gasteiger partial charge in [-0.05, 0) is 30.3 Å². The molecule has 28 heavy (non-hydrogen) atoms. The molecule has 6 nitrogen and oxygen atoms in total. The zero-order valence-electron chi connectivity index (χ0n) is 13.8. The van der Waals surface area contributed by atoms with Gasteiger partial charge in [0.05, 0.1) is 33.2 Å². The highest BCUT2D eigenvalue weighted by Crippen LogP contribution is 2.37. The molecular weight excluding hydrogens is 408 g/mol. The van der Waals surface area contributed by atoms with Crippen molar-refractivity contribution in [2.75, 3.05) is 0 Å². The largest absolute Gasteiger partial charge is 0.504 e.